The Morgan fingerprint density at radius 1 is 1.27 bits per heavy atom. The predicted octanol–water partition coefficient (Wildman–Crippen LogP) is 2.37. The van der Waals surface area contributed by atoms with Gasteiger partial charge in [0.15, 0.2) is 5.82 Å². The van der Waals surface area contributed by atoms with E-state index < -0.39 is 24.3 Å². The largest absolute Gasteiger partial charge is 0.494 e. The zero-order chi connectivity index (χ0) is 22.1. The maximum atomic E-state index is 12.4. The summed E-state index contributed by atoms with van der Waals surface area (Å²) in [6.07, 6.45) is 1.43. The van der Waals surface area contributed by atoms with Gasteiger partial charge in [-0.05, 0) is 57.4 Å². The Morgan fingerprint density at radius 2 is 1.93 bits per heavy atom. The summed E-state index contributed by atoms with van der Waals surface area (Å²) in [4.78, 5) is 20.8. The Morgan fingerprint density at radius 3 is 2.53 bits per heavy atom. The third-order valence-corrected chi connectivity index (χ3v) is 5.34. The van der Waals surface area contributed by atoms with Crippen LogP contribution in [0.3, 0.4) is 0 Å². The molecule has 0 atom stereocenters. The second-order valence-corrected chi connectivity index (χ2v) is 7.90. The van der Waals surface area contributed by atoms with E-state index in [1.807, 2.05) is 33.8 Å². The number of aliphatic imine (C=N–C) groups is 1. The lowest BCUT2D eigenvalue weighted by Gasteiger charge is -2.32. The van der Waals surface area contributed by atoms with Crippen LogP contribution in [0.5, 0.6) is 0 Å². The molecule has 9 heteroatoms. The average Bonchev–Trinajstić information content (AvgIpc) is 2.93. The Kier molecular flexibility index (Phi) is 5.66. The molecular weight excluding hydrogens is 383 g/mol. The zero-order valence-corrected chi connectivity index (χ0v) is 17.6. The van der Waals surface area contributed by atoms with Gasteiger partial charge in [0.1, 0.15) is 11.8 Å². The quantitative estimate of drug-likeness (QED) is 0.358. The minimum absolute atomic E-state index is 0.224. The molecule has 1 aliphatic heterocycles. The van der Waals surface area contributed by atoms with Crippen LogP contribution in [0.2, 0.25) is 0 Å². The van der Waals surface area contributed by atoms with Crippen molar-refractivity contribution in [3.05, 3.63) is 47.2 Å². The van der Waals surface area contributed by atoms with Crippen molar-refractivity contribution < 1.29 is 18.8 Å². The molecule has 0 radical (unpaired) electrons. The monoisotopic (exact) mass is 406 g/mol. The summed E-state index contributed by atoms with van der Waals surface area (Å²) < 4.78 is 17.1. The van der Waals surface area contributed by atoms with Crippen LogP contribution in [0.25, 0.3) is 0 Å². The molecule has 2 N–H and O–H groups in total. The van der Waals surface area contributed by atoms with Gasteiger partial charge in [-0.3, -0.25) is 0 Å². The maximum absolute atomic E-state index is 12.4. The number of pyridine rings is 1. The first kappa shape index (κ1) is 21.5. The van der Waals surface area contributed by atoms with Crippen molar-refractivity contribution in [2.45, 2.75) is 38.9 Å². The van der Waals surface area contributed by atoms with Gasteiger partial charge in [-0.15, -0.1) is 0 Å². The molecule has 30 heavy (non-hydrogen) atoms. The number of ether oxygens (including phenoxy) is 1. The van der Waals surface area contributed by atoms with E-state index in [9.17, 15) is 4.79 Å². The molecule has 3 rings (SSSR count). The van der Waals surface area contributed by atoms with E-state index in [2.05, 4.69) is 9.98 Å². The molecule has 1 aromatic heterocycles. The van der Waals surface area contributed by atoms with E-state index in [1.165, 1.54) is 13.3 Å². The van der Waals surface area contributed by atoms with E-state index in [1.54, 1.807) is 30.3 Å². The van der Waals surface area contributed by atoms with Crippen LogP contribution < -0.4 is 11.2 Å². The number of aromatic nitrogens is 1. The molecule has 2 heterocycles. The first-order valence-electron chi connectivity index (χ1n) is 9.36. The van der Waals surface area contributed by atoms with Gasteiger partial charge in [-0.25, -0.2) is 14.8 Å². The zero-order valence-electron chi connectivity index (χ0n) is 17.6. The summed E-state index contributed by atoms with van der Waals surface area (Å²) >= 11 is 0. The molecule has 0 bridgehead atoms. The second kappa shape index (κ2) is 7.90. The van der Waals surface area contributed by atoms with Crippen LogP contribution in [-0.2, 0) is 14.0 Å². The van der Waals surface area contributed by atoms with E-state index >= 15 is 0 Å². The Balaban J connectivity index is 2.02. The van der Waals surface area contributed by atoms with Crippen molar-refractivity contribution in [1.29, 1.82) is 5.26 Å². The highest BCUT2D eigenvalue weighted by molar-refractivity contribution is 6.62. The highest BCUT2D eigenvalue weighted by Crippen LogP contribution is 2.36. The summed E-state index contributed by atoms with van der Waals surface area (Å²) in [6.45, 7) is 7.78. The number of esters is 1. The smallest absolute Gasteiger partial charge is 0.465 e. The molecule has 1 aromatic carbocycles. The van der Waals surface area contributed by atoms with Gasteiger partial charge in [0.25, 0.3) is 0 Å². The minimum atomic E-state index is -0.680. The van der Waals surface area contributed by atoms with Crippen LogP contribution in [0.15, 0.2) is 35.3 Å². The average molecular weight is 406 g/mol. The SMILES string of the molecule is COC(=O)c1cc(B2OC(C)(C)C(C)(C)O2)cc(N)c1C=Nc1cccc(C#N)n1. The van der Waals surface area contributed by atoms with Crippen molar-refractivity contribution in [2.24, 2.45) is 4.99 Å². The summed E-state index contributed by atoms with van der Waals surface area (Å²) in [5.41, 5.74) is 6.95. The van der Waals surface area contributed by atoms with Crippen molar-refractivity contribution in [2.75, 3.05) is 12.8 Å². The van der Waals surface area contributed by atoms with Crippen molar-refractivity contribution in [3.63, 3.8) is 0 Å². The Labute approximate surface area is 175 Å². The van der Waals surface area contributed by atoms with Gasteiger partial charge in [-0.1, -0.05) is 6.07 Å². The number of hydrogen-bond acceptors (Lipinski definition) is 8. The highest BCUT2D eigenvalue weighted by Gasteiger charge is 2.52. The van der Waals surface area contributed by atoms with Crippen LogP contribution in [0.4, 0.5) is 11.5 Å². The topological polar surface area (TPSA) is 120 Å². The third kappa shape index (κ3) is 4.06. The fourth-order valence-corrected chi connectivity index (χ4v) is 2.93. The molecule has 1 aliphatic rings. The van der Waals surface area contributed by atoms with Crippen molar-refractivity contribution in [1.82, 2.24) is 4.98 Å². The number of nitriles is 1. The van der Waals surface area contributed by atoms with Crippen molar-refractivity contribution in [3.8, 4) is 6.07 Å². The number of hydrogen-bond donors (Lipinski definition) is 1. The molecule has 0 saturated carbocycles. The fraction of sp³-hybridized carbons (Fsp3) is 0.333. The maximum Gasteiger partial charge on any atom is 0.494 e. The van der Waals surface area contributed by atoms with Gasteiger partial charge in [0.2, 0.25) is 0 Å². The molecule has 1 saturated heterocycles. The lowest BCUT2D eigenvalue weighted by molar-refractivity contribution is 0.00578. The lowest BCUT2D eigenvalue weighted by Crippen LogP contribution is -2.41. The molecular formula is C21H23BN4O4. The van der Waals surface area contributed by atoms with Crippen LogP contribution in [-0.4, -0.2) is 42.6 Å². The second-order valence-electron chi connectivity index (χ2n) is 7.90. The van der Waals surface area contributed by atoms with Crippen LogP contribution in [0, 0.1) is 11.3 Å². The van der Waals surface area contributed by atoms with E-state index in [0.29, 0.717) is 22.5 Å². The molecule has 0 unspecified atom stereocenters. The molecule has 154 valence electrons. The highest BCUT2D eigenvalue weighted by atomic mass is 16.7. The van der Waals surface area contributed by atoms with E-state index in [4.69, 9.17) is 25.0 Å². The summed E-state index contributed by atoms with van der Waals surface area (Å²) in [5.74, 6) is -0.250. The first-order chi connectivity index (χ1) is 14.1. The van der Waals surface area contributed by atoms with E-state index in [0.717, 1.165) is 0 Å². The summed E-state index contributed by atoms with van der Waals surface area (Å²) in [7, 11) is 0.611. The van der Waals surface area contributed by atoms with Crippen molar-refractivity contribution >= 4 is 36.3 Å². The Hall–Kier alpha value is -3.22. The van der Waals surface area contributed by atoms with Gasteiger partial charge in [-0.2, -0.15) is 5.26 Å². The number of benzene rings is 1. The molecule has 1 fully saturated rings. The predicted molar refractivity (Wildman–Crippen MR) is 114 cm³/mol. The number of anilines is 1. The standard InChI is InChI=1S/C21H23BN4O4/c1-20(2)21(3,4)30-22(29-20)13-9-15(19(27)28-5)16(17(24)10-13)12-25-18-8-6-7-14(11-23)26-18/h6-10,12H,24H2,1-5H3. The number of rotatable bonds is 4. The normalized spacial score (nSPS) is 17.1. The summed E-state index contributed by atoms with van der Waals surface area (Å²) in [6, 6.07) is 10.2. The number of nitrogens with two attached hydrogens (primary N) is 1. The molecule has 0 aliphatic carbocycles. The third-order valence-electron chi connectivity index (χ3n) is 5.34. The summed E-state index contributed by atoms with van der Waals surface area (Å²) in [5, 5.41) is 8.98. The molecule has 8 nitrogen and oxygen atoms in total. The molecule has 2 aromatic rings. The van der Waals surface area contributed by atoms with Gasteiger partial charge >= 0.3 is 13.1 Å². The number of nitrogens with zero attached hydrogens (tertiary/aromatic N) is 3. The molecule has 0 spiro atoms. The van der Waals surface area contributed by atoms with Crippen LogP contribution in [0.1, 0.15) is 49.3 Å². The van der Waals surface area contributed by atoms with Gasteiger partial charge in [0, 0.05) is 17.5 Å². The Bertz CT molecular complexity index is 1040. The minimum Gasteiger partial charge on any atom is -0.465 e. The first-order valence-corrected chi connectivity index (χ1v) is 9.36. The number of carbonyl (C=O) groups excluding carboxylic acids is 1. The number of nitrogen functional groups attached to an aromatic ring is 1. The molecule has 0 amide bonds. The van der Waals surface area contributed by atoms with Gasteiger partial charge < -0.3 is 19.8 Å². The van der Waals surface area contributed by atoms with Crippen LogP contribution >= 0.6 is 0 Å². The number of carbonyl (C=O) groups is 1. The van der Waals surface area contributed by atoms with Gasteiger partial charge in [0.05, 0.1) is 23.9 Å². The number of methoxy groups -OCH3 is 1. The fourth-order valence-electron chi connectivity index (χ4n) is 2.93. The van der Waals surface area contributed by atoms with E-state index in [-0.39, 0.29) is 11.3 Å². The lowest BCUT2D eigenvalue weighted by atomic mass is 9.77.